The summed E-state index contributed by atoms with van der Waals surface area (Å²) in [5, 5.41) is 4.52. The van der Waals surface area contributed by atoms with E-state index in [4.69, 9.17) is 0 Å². The molecule has 0 fully saturated rings. The molecule has 0 radical (unpaired) electrons. The zero-order valence-electron chi connectivity index (χ0n) is 13.5. The summed E-state index contributed by atoms with van der Waals surface area (Å²) >= 11 is 2.24. The molecule has 2 aromatic carbocycles. The molecule has 1 atom stereocenters. The van der Waals surface area contributed by atoms with Gasteiger partial charge in [-0.25, -0.2) is 0 Å². The lowest BCUT2D eigenvalue weighted by Crippen LogP contribution is -2.31. The van der Waals surface area contributed by atoms with Crippen LogP contribution in [0.1, 0.15) is 46.1 Å². The normalized spacial score (nSPS) is 16.8. The molecule has 1 amide bonds. The van der Waals surface area contributed by atoms with Crippen molar-refractivity contribution in [3.05, 3.63) is 68.4 Å². The number of benzene rings is 2. The maximum atomic E-state index is 12.6. The lowest BCUT2D eigenvalue weighted by Gasteiger charge is -2.24. The summed E-state index contributed by atoms with van der Waals surface area (Å²) in [5.74, 6) is 0.00111. The molecule has 3 aromatic rings. The van der Waals surface area contributed by atoms with E-state index < -0.39 is 0 Å². The second-order valence-electron chi connectivity index (χ2n) is 6.49. The van der Waals surface area contributed by atoms with Gasteiger partial charge in [0.15, 0.2) is 0 Å². The number of nitrogens with one attached hydrogen (secondary N) is 2. The largest absolute Gasteiger partial charge is 0.356 e. The van der Waals surface area contributed by atoms with Crippen molar-refractivity contribution in [2.75, 3.05) is 0 Å². The van der Waals surface area contributed by atoms with Crippen LogP contribution in [0.4, 0.5) is 0 Å². The van der Waals surface area contributed by atoms with Crippen molar-refractivity contribution in [2.45, 2.75) is 32.2 Å². The Morgan fingerprint density at radius 1 is 1.25 bits per heavy atom. The van der Waals surface area contributed by atoms with Gasteiger partial charge >= 0.3 is 0 Å². The molecule has 0 bridgehead atoms. The lowest BCUT2D eigenvalue weighted by atomic mass is 9.91. The van der Waals surface area contributed by atoms with Crippen LogP contribution in [0.5, 0.6) is 0 Å². The van der Waals surface area contributed by atoms with E-state index in [1.807, 2.05) is 24.3 Å². The number of hydrogen-bond donors (Lipinski definition) is 2. The number of halogens is 1. The SMILES string of the molecule is Cc1ccc2[nH]c3c(c2c1)CCCC3NC(=O)c1cccc(I)c1. The average Bonchev–Trinajstić information content (AvgIpc) is 2.94. The first-order chi connectivity index (χ1) is 11.6. The van der Waals surface area contributed by atoms with Gasteiger partial charge in [0.1, 0.15) is 0 Å². The van der Waals surface area contributed by atoms with E-state index >= 15 is 0 Å². The Hall–Kier alpha value is -1.82. The molecule has 1 aliphatic carbocycles. The van der Waals surface area contributed by atoms with Crippen LogP contribution in [0.25, 0.3) is 10.9 Å². The number of amides is 1. The van der Waals surface area contributed by atoms with Crippen molar-refractivity contribution in [3.63, 3.8) is 0 Å². The van der Waals surface area contributed by atoms with E-state index in [-0.39, 0.29) is 11.9 Å². The first-order valence-electron chi connectivity index (χ1n) is 8.29. The Bertz CT molecular complexity index is 929. The minimum Gasteiger partial charge on any atom is -0.356 e. The highest BCUT2D eigenvalue weighted by Crippen LogP contribution is 2.35. The molecule has 1 heterocycles. The Labute approximate surface area is 155 Å². The van der Waals surface area contributed by atoms with Gasteiger partial charge in [0.2, 0.25) is 0 Å². The van der Waals surface area contributed by atoms with Gasteiger partial charge in [-0.2, -0.15) is 0 Å². The van der Waals surface area contributed by atoms with Gasteiger partial charge in [-0.15, -0.1) is 0 Å². The van der Waals surface area contributed by atoms with Gasteiger partial charge in [-0.1, -0.05) is 17.7 Å². The highest BCUT2D eigenvalue weighted by molar-refractivity contribution is 14.1. The third-order valence-electron chi connectivity index (χ3n) is 4.75. The zero-order chi connectivity index (χ0) is 16.7. The van der Waals surface area contributed by atoms with E-state index in [0.717, 1.165) is 28.4 Å². The van der Waals surface area contributed by atoms with E-state index in [0.29, 0.717) is 0 Å². The fraction of sp³-hybridized carbons (Fsp3) is 0.250. The molecule has 0 saturated carbocycles. The number of hydrogen-bond acceptors (Lipinski definition) is 1. The first kappa shape index (κ1) is 15.7. The predicted octanol–water partition coefficient (Wildman–Crippen LogP) is 4.89. The third kappa shape index (κ3) is 2.83. The topological polar surface area (TPSA) is 44.9 Å². The summed E-state index contributed by atoms with van der Waals surface area (Å²) in [5.41, 5.74) is 5.71. The summed E-state index contributed by atoms with van der Waals surface area (Å²) in [7, 11) is 0. The summed E-state index contributed by atoms with van der Waals surface area (Å²) in [6.07, 6.45) is 3.16. The van der Waals surface area contributed by atoms with Gasteiger partial charge in [-0.3, -0.25) is 4.79 Å². The van der Waals surface area contributed by atoms with Crippen LogP contribution in [0.2, 0.25) is 0 Å². The van der Waals surface area contributed by atoms with Crippen molar-refractivity contribution in [1.82, 2.24) is 10.3 Å². The van der Waals surface area contributed by atoms with Gasteiger partial charge in [0.05, 0.1) is 6.04 Å². The summed E-state index contributed by atoms with van der Waals surface area (Å²) < 4.78 is 1.07. The van der Waals surface area contributed by atoms with Crippen molar-refractivity contribution < 1.29 is 4.79 Å². The van der Waals surface area contributed by atoms with Crippen LogP contribution in [-0.4, -0.2) is 10.9 Å². The highest BCUT2D eigenvalue weighted by Gasteiger charge is 2.25. The number of aromatic amines is 1. The number of carbonyl (C=O) groups is 1. The van der Waals surface area contributed by atoms with Gasteiger partial charge in [0.25, 0.3) is 5.91 Å². The molecule has 122 valence electrons. The van der Waals surface area contributed by atoms with Gasteiger partial charge in [0, 0.05) is 25.7 Å². The fourth-order valence-electron chi connectivity index (χ4n) is 3.59. The predicted molar refractivity (Wildman–Crippen MR) is 105 cm³/mol. The van der Waals surface area contributed by atoms with Crippen molar-refractivity contribution in [1.29, 1.82) is 0 Å². The number of aryl methyl sites for hydroxylation is 2. The van der Waals surface area contributed by atoms with E-state index in [2.05, 4.69) is 58.0 Å². The van der Waals surface area contributed by atoms with Crippen LogP contribution < -0.4 is 5.32 Å². The summed E-state index contributed by atoms with van der Waals surface area (Å²) in [6.45, 7) is 2.12. The molecule has 4 heteroatoms. The Kier molecular flexibility index (Phi) is 4.08. The second-order valence-corrected chi connectivity index (χ2v) is 7.74. The van der Waals surface area contributed by atoms with Crippen LogP contribution in [0.3, 0.4) is 0 Å². The number of aromatic nitrogens is 1. The van der Waals surface area contributed by atoms with Crippen LogP contribution in [-0.2, 0) is 6.42 Å². The van der Waals surface area contributed by atoms with Crippen molar-refractivity contribution in [2.24, 2.45) is 0 Å². The van der Waals surface area contributed by atoms with Gasteiger partial charge in [-0.05, 0) is 84.7 Å². The average molecular weight is 430 g/mol. The van der Waals surface area contributed by atoms with Gasteiger partial charge < -0.3 is 10.3 Å². The molecule has 1 aliphatic rings. The molecular weight excluding hydrogens is 411 g/mol. The van der Waals surface area contributed by atoms with Crippen LogP contribution >= 0.6 is 22.6 Å². The first-order valence-corrected chi connectivity index (χ1v) is 9.37. The lowest BCUT2D eigenvalue weighted by molar-refractivity contribution is 0.0932. The maximum absolute atomic E-state index is 12.6. The van der Waals surface area contributed by atoms with E-state index in [1.54, 1.807) is 0 Å². The highest BCUT2D eigenvalue weighted by atomic mass is 127. The monoisotopic (exact) mass is 430 g/mol. The molecule has 1 unspecified atom stereocenters. The fourth-order valence-corrected chi connectivity index (χ4v) is 4.14. The number of carbonyl (C=O) groups excluding carboxylic acids is 1. The molecular formula is C20H19IN2O. The Morgan fingerprint density at radius 2 is 2.12 bits per heavy atom. The number of fused-ring (bicyclic) bond motifs is 3. The second kappa shape index (κ2) is 6.24. The summed E-state index contributed by atoms with van der Waals surface area (Å²) in [6, 6.07) is 14.3. The summed E-state index contributed by atoms with van der Waals surface area (Å²) in [4.78, 5) is 16.2. The molecule has 0 saturated heterocycles. The van der Waals surface area contributed by atoms with Crippen molar-refractivity contribution in [3.8, 4) is 0 Å². The standard InChI is InChI=1S/C20H19IN2O/c1-12-8-9-17-16(10-12)15-6-3-7-18(19(15)22-17)23-20(24)13-4-2-5-14(21)11-13/h2,4-5,8-11,18,22H,3,6-7H2,1H3,(H,23,24). The quantitative estimate of drug-likeness (QED) is 0.559. The van der Waals surface area contributed by atoms with E-state index in [1.165, 1.54) is 27.7 Å². The van der Waals surface area contributed by atoms with Crippen LogP contribution in [0.15, 0.2) is 42.5 Å². The maximum Gasteiger partial charge on any atom is 0.251 e. The number of H-pyrrole nitrogens is 1. The molecule has 0 spiro atoms. The minimum atomic E-state index is 0.00111. The molecule has 3 nitrogen and oxygen atoms in total. The third-order valence-corrected chi connectivity index (χ3v) is 5.43. The molecule has 2 N–H and O–H groups in total. The van der Waals surface area contributed by atoms with E-state index in [9.17, 15) is 4.79 Å². The smallest absolute Gasteiger partial charge is 0.251 e. The Balaban J connectivity index is 1.67. The molecule has 24 heavy (non-hydrogen) atoms. The Morgan fingerprint density at radius 3 is 2.96 bits per heavy atom. The minimum absolute atomic E-state index is 0.00111. The molecule has 4 rings (SSSR count). The number of rotatable bonds is 2. The van der Waals surface area contributed by atoms with Crippen molar-refractivity contribution >= 4 is 39.4 Å². The zero-order valence-corrected chi connectivity index (χ0v) is 15.7. The molecule has 0 aliphatic heterocycles. The van der Waals surface area contributed by atoms with Crippen LogP contribution in [0, 0.1) is 10.5 Å². The molecule has 1 aromatic heterocycles.